The number of unbranched alkanes of at least 4 members (excludes halogenated alkanes) is 6. The summed E-state index contributed by atoms with van der Waals surface area (Å²) in [6, 6.07) is 4.94. The number of halogens is 2. The first kappa shape index (κ1) is 26.9. The van der Waals surface area contributed by atoms with E-state index in [1.807, 2.05) is 22.7 Å². The molecule has 0 nitrogen and oxygen atoms in total. The van der Waals surface area contributed by atoms with E-state index in [9.17, 15) is 0 Å². The van der Waals surface area contributed by atoms with Crippen LogP contribution >= 0.6 is 67.9 Å². The maximum absolute atomic E-state index is 2.56. The van der Waals surface area contributed by atoms with Crippen molar-refractivity contribution in [3.63, 3.8) is 0 Å². The Labute approximate surface area is 231 Å². The van der Waals surface area contributed by atoms with Crippen LogP contribution in [0.25, 0.3) is 12.2 Å². The van der Waals surface area contributed by atoms with Crippen molar-refractivity contribution in [3.8, 4) is 0 Å². The molecular weight excluding hydrogens is 654 g/mol. The Hall–Kier alpha value is 0.340. The number of aryl methyl sites for hydroxylation is 2. The minimum atomic E-state index is 1.23. The summed E-state index contributed by atoms with van der Waals surface area (Å²) in [4.78, 5) is 2.92. The Bertz CT molecular complexity index is 826. The smallest absolute Gasteiger partial charge is 0.0691 e. The van der Waals surface area contributed by atoms with E-state index < -0.39 is 0 Å². The molecule has 2 aromatic rings. The minimum absolute atomic E-state index is 1.23. The highest BCUT2D eigenvalue weighted by molar-refractivity contribution is 14.1. The van der Waals surface area contributed by atoms with Crippen LogP contribution in [0.2, 0.25) is 0 Å². The van der Waals surface area contributed by atoms with Gasteiger partial charge in [-0.15, -0.1) is 22.7 Å². The van der Waals surface area contributed by atoms with Crippen molar-refractivity contribution in [2.24, 2.45) is 0 Å². The molecule has 176 valence electrons. The van der Waals surface area contributed by atoms with Crippen LogP contribution in [0.3, 0.4) is 0 Å². The lowest BCUT2D eigenvalue weighted by Gasteiger charge is -2.18. The van der Waals surface area contributed by atoms with Gasteiger partial charge in [-0.2, -0.15) is 0 Å². The van der Waals surface area contributed by atoms with Crippen LogP contribution in [0.1, 0.15) is 112 Å². The lowest BCUT2D eigenvalue weighted by Crippen LogP contribution is -1.98. The molecule has 1 aliphatic carbocycles. The Kier molecular flexibility index (Phi) is 12.4. The van der Waals surface area contributed by atoms with Gasteiger partial charge in [0.2, 0.25) is 0 Å². The summed E-state index contributed by atoms with van der Waals surface area (Å²) in [5, 5.41) is 0. The molecular formula is C28H38I2S2. The topological polar surface area (TPSA) is 0 Å². The Morgan fingerprint density at radius 1 is 0.688 bits per heavy atom. The third-order valence-electron chi connectivity index (χ3n) is 6.34. The Morgan fingerprint density at radius 3 is 1.53 bits per heavy atom. The van der Waals surface area contributed by atoms with Gasteiger partial charge in [0.25, 0.3) is 0 Å². The molecule has 1 saturated carbocycles. The molecule has 0 spiro atoms. The highest BCUT2D eigenvalue weighted by Gasteiger charge is 2.15. The van der Waals surface area contributed by atoms with E-state index in [0.717, 1.165) is 0 Å². The van der Waals surface area contributed by atoms with Crippen LogP contribution in [-0.2, 0) is 12.8 Å². The van der Waals surface area contributed by atoms with E-state index in [2.05, 4.69) is 83.3 Å². The highest BCUT2D eigenvalue weighted by atomic mass is 127. The summed E-state index contributed by atoms with van der Waals surface area (Å²) in [6.45, 7) is 4.58. The molecule has 2 aromatic heterocycles. The zero-order valence-electron chi connectivity index (χ0n) is 19.8. The van der Waals surface area contributed by atoms with Crippen LogP contribution in [0.5, 0.6) is 0 Å². The third-order valence-corrected chi connectivity index (χ3v) is 10.9. The SMILES string of the molecule is CCCCCCc1cc(C=C2CCCCC2=Cc2cc(CCCCCC)c(I)s2)sc1I. The quantitative estimate of drug-likeness (QED) is 0.153. The van der Waals surface area contributed by atoms with Crippen LogP contribution in [0, 0.1) is 5.77 Å². The maximum atomic E-state index is 2.56. The normalized spacial score (nSPS) is 17.0. The van der Waals surface area contributed by atoms with Crippen LogP contribution in [0.4, 0.5) is 0 Å². The van der Waals surface area contributed by atoms with Gasteiger partial charge in [-0.3, -0.25) is 0 Å². The van der Waals surface area contributed by atoms with Crippen molar-refractivity contribution < 1.29 is 0 Å². The molecule has 0 saturated heterocycles. The van der Waals surface area contributed by atoms with E-state index in [1.165, 1.54) is 105 Å². The Morgan fingerprint density at radius 2 is 1.12 bits per heavy atom. The molecule has 0 unspecified atom stereocenters. The van der Waals surface area contributed by atoms with Gasteiger partial charge in [0.15, 0.2) is 0 Å². The molecule has 0 amide bonds. The van der Waals surface area contributed by atoms with E-state index >= 15 is 0 Å². The van der Waals surface area contributed by atoms with Gasteiger partial charge in [0, 0.05) is 9.75 Å². The monoisotopic (exact) mass is 692 g/mol. The highest BCUT2D eigenvalue weighted by Crippen LogP contribution is 2.36. The predicted molar refractivity (Wildman–Crippen MR) is 164 cm³/mol. The largest absolute Gasteiger partial charge is 0.130 e. The molecule has 1 aliphatic rings. The van der Waals surface area contributed by atoms with Crippen LogP contribution < -0.4 is 0 Å². The lowest BCUT2D eigenvalue weighted by atomic mass is 9.88. The fourth-order valence-corrected chi connectivity index (χ4v) is 8.63. The number of hydrogen-bond acceptors (Lipinski definition) is 2. The second-order valence-electron chi connectivity index (χ2n) is 9.06. The minimum Gasteiger partial charge on any atom is -0.130 e. The predicted octanol–water partition coefficient (Wildman–Crippen LogP) is 11.3. The fourth-order valence-electron chi connectivity index (χ4n) is 4.45. The van der Waals surface area contributed by atoms with Crippen molar-refractivity contribution in [1.29, 1.82) is 0 Å². The summed E-state index contributed by atoms with van der Waals surface area (Å²) in [6.07, 6.45) is 23.4. The second-order valence-corrected chi connectivity index (χ2v) is 14.9. The first-order valence-corrected chi connectivity index (χ1v) is 16.4. The number of rotatable bonds is 12. The van der Waals surface area contributed by atoms with Crippen molar-refractivity contribution in [1.82, 2.24) is 0 Å². The second kappa shape index (κ2) is 14.7. The molecule has 1 fully saturated rings. The van der Waals surface area contributed by atoms with E-state index in [-0.39, 0.29) is 0 Å². The molecule has 32 heavy (non-hydrogen) atoms. The van der Waals surface area contributed by atoms with Gasteiger partial charge in [0.05, 0.1) is 5.77 Å². The molecule has 0 radical (unpaired) electrons. The summed E-state index contributed by atoms with van der Waals surface area (Å²) in [7, 11) is 0. The molecule has 0 aliphatic heterocycles. The molecule has 0 aromatic carbocycles. The first-order chi connectivity index (χ1) is 15.6. The summed E-state index contributed by atoms with van der Waals surface area (Å²) in [5.41, 5.74) is 6.31. The molecule has 2 heterocycles. The van der Waals surface area contributed by atoms with E-state index in [4.69, 9.17) is 0 Å². The van der Waals surface area contributed by atoms with Gasteiger partial charge in [0.1, 0.15) is 0 Å². The molecule has 3 rings (SSSR count). The zero-order valence-corrected chi connectivity index (χ0v) is 25.7. The number of allylic oxidation sites excluding steroid dienone is 2. The van der Waals surface area contributed by atoms with Crippen molar-refractivity contribution in [2.75, 3.05) is 0 Å². The lowest BCUT2D eigenvalue weighted by molar-refractivity contribution is 0.667. The third kappa shape index (κ3) is 8.53. The van der Waals surface area contributed by atoms with Crippen LogP contribution in [0.15, 0.2) is 23.3 Å². The summed E-state index contributed by atoms with van der Waals surface area (Å²) >= 11 is 9.08. The van der Waals surface area contributed by atoms with Crippen molar-refractivity contribution >= 4 is 80.0 Å². The van der Waals surface area contributed by atoms with Gasteiger partial charge in [-0.1, -0.05) is 52.4 Å². The number of hydrogen-bond donors (Lipinski definition) is 0. The molecule has 0 atom stereocenters. The summed E-state index contributed by atoms with van der Waals surface area (Å²) in [5.74, 6) is 0. The van der Waals surface area contributed by atoms with E-state index in [1.54, 1.807) is 22.3 Å². The first-order valence-electron chi connectivity index (χ1n) is 12.6. The average molecular weight is 693 g/mol. The van der Waals surface area contributed by atoms with Gasteiger partial charge in [-0.25, -0.2) is 0 Å². The van der Waals surface area contributed by atoms with Gasteiger partial charge < -0.3 is 0 Å². The Balaban J connectivity index is 1.71. The molecule has 4 heteroatoms. The van der Waals surface area contributed by atoms with Crippen molar-refractivity contribution in [2.45, 2.75) is 104 Å². The standard InChI is InChI=1S/C28H38I2S2/c1-3-5-7-9-15-23-19-25(31-27(23)29)17-21-13-11-12-14-22(21)18-26-20-24(28(30)32-26)16-10-8-6-4-2/h17-20H,3-16H2,1-2H3. The fraction of sp³-hybridized carbons (Fsp3) is 0.571. The molecule has 0 N–H and O–H groups in total. The van der Waals surface area contributed by atoms with Gasteiger partial charge >= 0.3 is 0 Å². The number of thiophene rings is 2. The summed E-state index contributed by atoms with van der Waals surface area (Å²) < 4.78 is 2.99. The zero-order chi connectivity index (χ0) is 22.8. The van der Waals surface area contributed by atoms with Gasteiger partial charge in [-0.05, 0) is 143 Å². The average Bonchev–Trinajstić information content (AvgIpc) is 3.31. The molecule has 0 bridgehead atoms. The van der Waals surface area contributed by atoms with E-state index in [0.29, 0.717) is 0 Å². The van der Waals surface area contributed by atoms with Crippen LogP contribution in [-0.4, -0.2) is 0 Å². The maximum Gasteiger partial charge on any atom is 0.0691 e. The van der Waals surface area contributed by atoms with Crippen molar-refractivity contribution in [3.05, 3.63) is 49.9 Å².